The van der Waals surface area contributed by atoms with Gasteiger partial charge >= 0.3 is 14.1 Å². The molecule has 1 fully saturated rings. The quantitative estimate of drug-likeness (QED) is 0.235. The summed E-state index contributed by atoms with van der Waals surface area (Å²) >= 11 is 0. The lowest BCUT2D eigenvalue weighted by molar-refractivity contribution is 0.00578. The molecule has 2 N–H and O–H groups in total. The Bertz CT molecular complexity index is 1030. The van der Waals surface area contributed by atoms with Crippen LogP contribution in [0.15, 0.2) is 72.2 Å². The van der Waals surface area contributed by atoms with Crippen molar-refractivity contribution in [2.45, 2.75) is 77.9 Å². The van der Waals surface area contributed by atoms with Crippen molar-refractivity contribution in [1.82, 2.24) is 0 Å². The maximum Gasteiger partial charge on any atom is 0.487 e. The van der Waals surface area contributed by atoms with Crippen LogP contribution in [0.1, 0.15) is 66.7 Å². The second kappa shape index (κ2) is 10.5. The van der Waals surface area contributed by atoms with Crippen LogP contribution >= 0.6 is 0 Å². The molecule has 2 aliphatic heterocycles. The first kappa shape index (κ1) is 24.7. The van der Waals surface area contributed by atoms with Gasteiger partial charge in [-0.1, -0.05) is 86.2 Å². The van der Waals surface area contributed by atoms with Gasteiger partial charge in [0.2, 0.25) is 0 Å². The molecule has 0 amide bonds. The van der Waals surface area contributed by atoms with Gasteiger partial charge in [-0.05, 0) is 58.1 Å². The van der Waals surface area contributed by atoms with Crippen LogP contribution in [-0.4, -0.2) is 25.3 Å². The number of hydrogen-bond acceptors (Lipinski definition) is 4. The highest BCUT2D eigenvalue weighted by atomic mass is 16.7. The van der Waals surface area contributed by atoms with Gasteiger partial charge in [0.05, 0.1) is 11.2 Å². The highest BCUT2D eigenvalue weighted by Crippen LogP contribution is 2.37. The number of anilines is 2. The summed E-state index contributed by atoms with van der Waals surface area (Å²) in [5.41, 5.74) is 3.07. The van der Waals surface area contributed by atoms with E-state index < -0.39 is 0 Å². The molecule has 0 radical (unpaired) electrons. The lowest BCUT2D eigenvalue weighted by atomic mass is 9.71. The molecule has 0 saturated carbocycles. The summed E-state index contributed by atoms with van der Waals surface area (Å²) in [5.74, 6) is 4.32. The Morgan fingerprint density at radius 1 is 0.882 bits per heavy atom. The van der Waals surface area contributed by atoms with Crippen LogP contribution in [-0.2, 0) is 9.31 Å². The number of allylic oxidation sites excluding steroid dienone is 4. The van der Waals surface area contributed by atoms with E-state index in [2.05, 4.69) is 99.6 Å². The van der Waals surface area contributed by atoms with Crippen molar-refractivity contribution in [3.05, 3.63) is 72.2 Å². The average molecular weight is 456 g/mol. The Morgan fingerprint density at radius 3 is 2.15 bits per heavy atom. The van der Waals surface area contributed by atoms with E-state index in [-0.39, 0.29) is 25.3 Å². The predicted octanol–water partition coefficient (Wildman–Crippen LogP) is 7.35. The molecular weight excluding hydrogens is 418 g/mol. The first-order chi connectivity index (χ1) is 16.3. The molecular formula is C28H38B2N2O2. The van der Waals surface area contributed by atoms with Crippen molar-refractivity contribution >= 4 is 36.2 Å². The molecule has 0 bridgehead atoms. The Morgan fingerprint density at radius 2 is 1.53 bits per heavy atom. The summed E-state index contributed by atoms with van der Waals surface area (Å²) in [6, 6.07) is 12.9. The van der Waals surface area contributed by atoms with Gasteiger partial charge in [-0.2, -0.15) is 0 Å². The molecule has 2 aliphatic rings. The zero-order chi connectivity index (χ0) is 24.2. The molecule has 0 spiro atoms. The van der Waals surface area contributed by atoms with E-state index in [1.807, 2.05) is 12.1 Å². The first-order valence-electron chi connectivity index (χ1n) is 12.7. The van der Waals surface area contributed by atoms with Crippen LogP contribution in [0.5, 0.6) is 0 Å². The third-order valence-corrected chi connectivity index (χ3v) is 7.19. The van der Waals surface area contributed by atoms with Crippen molar-refractivity contribution in [1.29, 1.82) is 0 Å². The fraction of sp³-hybridized carbons (Fsp3) is 0.429. The van der Waals surface area contributed by atoms with Crippen LogP contribution in [0.3, 0.4) is 0 Å². The van der Waals surface area contributed by atoms with E-state index >= 15 is 0 Å². The molecule has 1 saturated heterocycles. The number of unbranched alkanes of at least 4 members (excludes halogenated alkanes) is 3. The van der Waals surface area contributed by atoms with E-state index in [4.69, 9.17) is 9.31 Å². The Labute approximate surface area is 206 Å². The zero-order valence-corrected chi connectivity index (χ0v) is 21.4. The SMILES string of the molecule is CCCCCCC(/C=C/C=C/B1OC(C)(C)C(C)(C)O1)=C\B1Nc2cccc3cccc(c23)N1. The van der Waals surface area contributed by atoms with Gasteiger partial charge in [-0.25, -0.2) is 0 Å². The Balaban J connectivity index is 1.46. The van der Waals surface area contributed by atoms with E-state index in [0.29, 0.717) is 0 Å². The molecule has 0 aromatic heterocycles. The van der Waals surface area contributed by atoms with E-state index in [1.54, 1.807) is 0 Å². The molecule has 2 heterocycles. The van der Waals surface area contributed by atoms with Gasteiger partial charge in [0.15, 0.2) is 0 Å². The van der Waals surface area contributed by atoms with Crippen molar-refractivity contribution in [2.75, 3.05) is 10.5 Å². The molecule has 2 aromatic carbocycles. The molecule has 4 nitrogen and oxygen atoms in total. The van der Waals surface area contributed by atoms with Gasteiger partial charge in [-0.15, -0.1) is 0 Å². The lowest BCUT2D eigenvalue weighted by Crippen LogP contribution is -2.41. The van der Waals surface area contributed by atoms with Gasteiger partial charge in [-0.3, -0.25) is 0 Å². The second-order valence-electron chi connectivity index (χ2n) is 10.4. The zero-order valence-electron chi connectivity index (χ0n) is 21.4. The van der Waals surface area contributed by atoms with Crippen molar-refractivity contribution in [3.8, 4) is 0 Å². The fourth-order valence-electron chi connectivity index (χ4n) is 4.53. The van der Waals surface area contributed by atoms with Crippen LogP contribution in [0, 0.1) is 0 Å². The fourth-order valence-corrected chi connectivity index (χ4v) is 4.53. The monoisotopic (exact) mass is 456 g/mol. The van der Waals surface area contributed by atoms with E-state index in [0.717, 1.165) is 6.42 Å². The molecule has 0 aliphatic carbocycles. The van der Waals surface area contributed by atoms with E-state index in [9.17, 15) is 0 Å². The highest BCUT2D eigenvalue weighted by molar-refractivity contribution is 6.72. The van der Waals surface area contributed by atoms with Gasteiger partial charge in [0.1, 0.15) is 0 Å². The van der Waals surface area contributed by atoms with Crippen LogP contribution in [0.25, 0.3) is 10.8 Å². The minimum absolute atomic E-state index is 0.0541. The average Bonchev–Trinajstić information content (AvgIpc) is 3.00. The summed E-state index contributed by atoms with van der Waals surface area (Å²) in [6.07, 6.45) is 12.4. The Kier molecular flexibility index (Phi) is 7.59. The van der Waals surface area contributed by atoms with Crippen molar-refractivity contribution < 1.29 is 9.31 Å². The van der Waals surface area contributed by atoms with Crippen LogP contribution < -0.4 is 10.5 Å². The van der Waals surface area contributed by atoms with Crippen LogP contribution in [0.2, 0.25) is 0 Å². The molecule has 2 aromatic rings. The highest BCUT2D eigenvalue weighted by Gasteiger charge is 2.49. The largest absolute Gasteiger partial charge is 0.487 e. The number of rotatable bonds is 9. The maximum atomic E-state index is 6.07. The predicted molar refractivity (Wildman–Crippen MR) is 148 cm³/mol. The van der Waals surface area contributed by atoms with E-state index in [1.165, 1.54) is 53.4 Å². The lowest BCUT2D eigenvalue weighted by Gasteiger charge is -2.32. The second-order valence-corrected chi connectivity index (χ2v) is 10.4. The third kappa shape index (κ3) is 5.61. The Hall–Kier alpha value is -2.43. The smallest absolute Gasteiger partial charge is 0.405 e. The topological polar surface area (TPSA) is 42.5 Å². The third-order valence-electron chi connectivity index (χ3n) is 7.19. The molecule has 34 heavy (non-hydrogen) atoms. The summed E-state index contributed by atoms with van der Waals surface area (Å²) in [5, 5.41) is 9.85. The minimum Gasteiger partial charge on any atom is -0.405 e. The number of benzene rings is 2. The summed E-state index contributed by atoms with van der Waals surface area (Å²) in [6.45, 7) is 10.6. The number of hydrogen-bond donors (Lipinski definition) is 2. The summed E-state index contributed by atoms with van der Waals surface area (Å²) < 4.78 is 12.1. The molecule has 6 heteroatoms. The maximum absolute atomic E-state index is 6.07. The first-order valence-corrected chi connectivity index (χ1v) is 12.7. The normalized spacial score (nSPS) is 19.3. The standard InChI is InChI=1S/C28H38B2N2O2/c1-6-7-8-9-14-22(15-10-11-20-30-33-27(2,3)28(4,5)34-30)21-29-31-24-18-12-16-23-17-13-19-25(32-29)26(23)24/h10-13,15-21,31-32H,6-9,14H2,1-5H3/b15-10+,20-11+,22-21+. The molecule has 0 unspecified atom stereocenters. The molecule has 4 rings (SSSR count). The number of nitrogens with one attached hydrogen (secondary N) is 2. The van der Waals surface area contributed by atoms with Gasteiger partial charge in [0.25, 0.3) is 0 Å². The van der Waals surface area contributed by atoms with Crippen molar-refractivity contribution in [3.63, 3.8) is 0 Å². The minimum atomic E-state index is -0.315. The van der Waals surface area contributed by atoms with Crippen LogP contribution in [0.4, 0.5) is 11.4 Å². The summed E-state index contributed by atoms with van der Waals surface area (Å²) in [4.78, 5) is 0. The molecule has 178 valence electrons. The van der Waals surface area contributed by atoms with Gasteiger partial charge < -0.3 is 19.8 Å². The van der Waals surface area contributed by atoms with Crippen molar-refractivity contribution in [2.24, 2.45) is 0 Å². The summed E-state index contributed by atoms with van der Waals surface area (Å²) in [7, 11) is -0.315. The van der Waals surface area contributed by atoms with Gasteiger partial charge in [0, 0.05) is 16.8 Å². The molecule has 0 atom stereocenters.